The number of non-ortho nitro benzene ring substituents is 1. The molecule has 160 valence electrons. The van der Waals surface area contributed by atoms with Crippen molar-refractivity contribution in [2.45, 2.75) is 4.90 Å². The number of thioether (sulfide) groups is 1. The lowest BCUT2D eigenvalue weighted by molar-refractivity contribution is -0.384. The van der Waals surface area contributed by atoms with Crippen LogP contribution in [0.25, 0.3) is 5.57 Å². The van der Waals surface area contributed by atoms with Crippen molar-refractivity contribution in [1.82, 2.24) is 9.80 Å². The average Bonchev–Trinajstić information content (AvgIpc) is 3.03. The molecule has 4 rings (SSSR count). The van der Waals surface area contributed by atoms with Gasteiger partial charge in [0.2, 0.25) is 0 Å². The Hall–Kier alpha value is -3.01. The van der Waals surface area contributed by atoms with Crippen LogP contribution >= 0.6 is 11.8 Å². The van der Waals surface area contributed by atoms with Crippen LogP contribution in [0, 0.1) is 10.1 Å². The number of nitro benzene ring substituents is 1. The van der Waals surface area contributed by atoms with Gasteiger partial charge in [0.15, 0.2) is 0 Å². The molecule has 2 aliphatic rings. The lowest BCUT2D eigenvalue weighted by Crippen LogP contribution is -2.43. The van der Waals surface area contributed by atoms with Crippen molar-refractivity contribution < 1.29 is 19.2 Å². The van der Waals surface area contributed by atoms with Gasteiger partial charge in [-0.1, -0.05) is 30.0 Å². The van der Waals surface area contributed by atoms with Crippen molar-refractivity contribution in [3.63, 3.8) is 0 Å². The molecule has 0 atom stereocenters. The van der Waals surface area contributed by atoms with Crippen LogP contribution in [-0.2, 0) is 14.3 Å². The van der Waals surface area contributed by atoms with Gasteiger partial charge in [0.1, 0.15) is 0 Å². The number of nitrogens with zero attached hydrogens (tertiary/aromatic N) is 3. The summed E-state index contributed by atoms with van der Waals surface area (Å²) in [6, 6.07) is 15.1. The fourth-order valence-electron chi connectivity index (χ4n) is 3.53. The molecule has 0 unspecified atom stereocenters. The summed E-state index contributed by atoms with van der Waals surface area (Å²) in [5, 5.41) is 11.0. The molecule has 31 heavy (non-hydrogen) atoms. The highest BCUT2D eigenvalue weighted by atomic mass is 32.2. The third-order valence-corrected chi connectivity index (χ3v) is 6.29. The van der Waals surface area contributed by atoms with Crippen molar-refractivity contribution in [1.29, 1.82) is 0 Å². The van der Waals surface area contributed by atoms with E-state index in [-0.39, 0.29) is 29.6 Å². The highest BCUT2D eigenvalue weighted by Crippen LogP contribution is 2.39. The van der Waals surface area contributed by atoms with E-state index in [1.54, 1.807) is 0 Å². The quantitative estimate of drug-likeness (QED) is 0.372. The Labute approximate surface area is 183 Å². The number of nitro groups is 1. The van der Waals surface area contributed by atoms with Crippen molar-refractivity contribution in [2.75, 3.05) is 39.4 Å². The maximum atomic E-state index is 13.3. The number of carbonyl (C=O) groups is 2. The summed E-state index contributed by atoms with van der Waals surface area (Å²) in [4.78, 5) is 41.6. The highest BCUT2D eigenvalue weighted by Gasteiger charge is 2.39. The van der Waals surface area contributed by atoms with E-state index in [4.69, 9.17) is 4.74 Å². The van der Waals surface area contributed by atoms with Gasteiger partial charge in [-0.2, -0.15) is 0 Å². The van der Waals surface area contributed by atoms with E-state index in [1.807, 2.05) is 30.3 Å². The van der Waals surface area contributed by atoms with Gasteiger partial charge in [0, 0.05) is 43.2 Å². The van der Waals surface area contributed by atoms with Crippen LogP contribution in [0.1, 0.15) is 5.56 Å². The number of rotatable bonds is 7. The molecule has 1 saturated heterocycles. The van der Waals surface area contributed by atoms with Gasteiger partial charge < -0.3 is 4.74 Å². The van der Waals surface area contributed by atoms with Gasteiger partial charge in [-0.15, -0.1) is 0 Å². The Kier molecular flexibility index (Phi) is 6.45. The van der Waals surface area contributed by atoms with Crippen LogP contribution in [0.2, 0.25) is 0 Å². The van der Waals surface area contributed by atoms with Gasteiger partial charge in [-0.3, -0.25) is 29.5 Å². The van der Waals surface area contributed by atoms with Crippen LogP contribution in [0.3, 0.4) is 0 Å². The third kappa shape index (κ3) is 4.68. The van der Waals surface area contributed by atoms with Crippen LogP contribution in [-0.4, -0.2) is 65.9 Å². The minimum absolute atomic E-state index is 0.0671. The van der Waals surface area contributed by atoms with E-state index >= 15 is 0 Å². The van der Waals surface area contributed by atoms with Gasteiger partial charge in [0.05, 0.1) is 28.6 Å². The molecule has 0 radical (unpaired) electrons. The second-order valence-corrected chi connectivity index (χ2v) is 8.22. The highest BCUT2D eigenvalue weighted by molar-refractivity contribution is 8.04. The predicted octanol–water partition coefficient (Wildman–Crippen LogP) is 2.80. The van der Waals surface area contributed by atoms with E-state index in [9.17, 15) is 19.7 Å². The van der Waals surface area contributed by atoms with Gasteiger partial charge in [-0.05, 0) is 29.8 Å². The summed E-state index contributed by atoms with van der Waals surface area (Å²) in [5.41, 5.74) is 0.717. The minimum Gasteiger partial charge on any atom is -0.379 e. The van der Waals surface area contributed by atoms with Gasteiger partial charge >= 0.3 is 0 Å². The normalized spacial score (nSPS) is 17.5. The standard InChI is InChI=1S/C22H21N3O5S/c26-21-19(16-6-8-17(9-7-16)25(28)29)20(31-18-4-2-1-3-5-18)22(27)24(21)11-10-23-12-14-30-15-13-23/h1-9H,10-15H2. The monoisotopic (exact) mass is 439 g/mol. The largest absolute Gasteiger partial charge is 0.379 e. The lowest BCUT2D eigenvalue weighted by atomic mass is 10.1. The number of imide groups is 1. The van der Waals surface area contributed by atoms with Gasteiger partial charge in [-0.25, -0.2) is 0 Å². The molecule has 2 amide bonds. The Morgan fingerprint density at radius 3 is 2.26 bits per heavy atom. The summed E-state index contributed by atoms with van der Waals surface area (Å²) < 4.78 is 5.35. The summed E-state index contributed by atoms with van der Waals surface area (Å²) in [6.07, 6.45) is 0. The smallest absolute Gasteiger partial charge is 0.269 e. The molecule has 9 heteroatoms. The van der Waals surface area contributed by atoms with Crippen LogP contribution in [0.15, 0.2) is 64.4 Å². The van der Waals surface area contributed by atoms with Crippen molar-refractivity contribution >= 4 is 34.8 Å². The predicted molar refractivity (Wildman–Crippen MR) is 116 cm³/mol. The Morgan fingerprint density at radius 1 is 0.935 bits per heavy atom. The van der Waals surface area contributed by atoms with Gasteiger partial charge in [0.25, 0.3) is 17.5 Å². The Balaban J connectivity index is 1.62. The maximum absolute atomic E-state index is 13.3. The number of hydrogen-bond acceptors (Lipinski definition) is 7. The Bertz CT molecular complexity index is 1020. The molecule has 1 fully saturated rings. The molecule has 0 bridgehead atoms. The van der Waals surface area contributed by atoms with E-state index in [1.165, 1.54) is 40.9 Å². The molecular formula is C22H21N3O5S. The van der Waals surface area contributed by atoms with Crippen LogP contribution in [0.4, 0.5) is 5.69 Å². The second-order valence-electron chi connectivity index (χ2n) is 7.14. The van der Waals surface area contributed by atoms with E-state index in [0.29, 0.717) is 30.2 Å². The van der Waals surface area contributed by atoms with Crippen LogP contribution in [0.5, 0.6) is 0 Å². The van der Waals surface area contributed by atoms with E-state index in [2.05, 4.69) is 4.90 Å². The molecule has 0 N–H and O–H groups in total. The van der Waals surface area contributed by atoms with Crippen LogP contribution < -0.4 is 0 Å². The zero-order valence-corrected chi connectivity index (χ0v) is 17.5. The molecular weight excluding hydrogens is 418 g/mol. The minimum atomic E-state index is -0.492. The number of amides is 2. The molecule has 0 saturated carbocycles. The molecule has 2 aromatic rings. The average molecular weight is 439 g/mol. The third-order valence-electron chi connectivity index (χ3n) is 5.20. The molecule has 2 heterocycles. The zero-order valence-electron chi connectivity index (χ0n) is 16.7. The Morgan fingerprint density at radius 2 is 1.61 bits per heavy atom. The summed E-state index contributed by atoms with van der Waals surface area (Å²) in [7, 11) is 0. The molecule has 2 aromatic carbocycles. The number of carbonyl (C=O) groups excluding carboxylic acids is 2. The molecule has 0 spiro atoms. The maximum Gasteiger partial charge on any atom is 0.269 e. The molecule has 0 aliphatic carbocycles. The van der Waals surface area contributed by atoms with Crippen molar-refractivity contribution in [3.05, 3.63) is 75.2 Å². The number of ether oxygens (including phenoxy) is 1. The molecule has 8 nitrogen and oxygen atoms in total. The molecule has 2 aliphatic heterocycles. The first-order chi connectivity index (χ1) is 15.0. The number of benzene rings is 2. The van der Waals surface area contributed by atoms with Crippen molar-refractivity contribution in [2.24, 2.45) is 0 Å². The SMILES string of the molecule is O=C1C(Sc2ccccc2)=C(c2ccc([N+](=O)[O-])cc2)C(=O)N1CCN1CCOCC1. The van der Waals surface area contributed by atoms with E-state index in [0.717, 1.165) is 18.0 Å². The number of morpholine rings is 1. The fraction of sp³-hybridized carbons (Fsp3) is 0.273. The van der Waals surface area contributed by atoms with E-state index < -0.39 is 4.92 Å². The first-order valence-corrected chi connectivity index (χ1v) is 10.7. The summed E-state index contributed by atoms with van der Waals surface area (Å²) in [6.45, 7) is 3.69. The fourth-order valence-corrected chi connectivity index (χ4v) is 4.56. The zero-order chi connectivity index (χ0) is 21.8. The second kappa shape index (κ2) is 9.42. The molecule has 0 aromatic heterocycles. The number of hydrogen-bond donors (Lipinski definition) is 0. The summed E-state index contributed by atoms with van der Waals surface area (Å²) in [5.74, 6) is -0.703. The first kappa shape index (κ1) is 21.2. The topological polar surface area (TPSA) is 93.0 Å². The first-order valence-electron chi connectivity index (χ1n) is 9.93. The summed E-state index contributed by atoms with van der Waals surface area (Å²) >= 11 is 1.24. The lowest BCUT2D eigenvalue weighted by Gasteiger charge is -2.28. The van der Waals surface area contributed by atoms with Crippen molar-refractivity contribution in [3.8, 4) is 0 Å².